The van der Waals surface area contributed by atoms with Crippen LogP contribution in [-0.2, 0) is 11.2 Å². The minimum Gasteiger partial charge on any atom is -0.343 e. The van der Waals surface area contributed by atoms with Gasteiger partial charge in [0.2, 0.25) is 5.91 Å². The summed E-state index contributed by atoms with van der Waals surface area (Å²) in [7, 11) is 0. The number of nitrogens with zero attached hydrogens (tertiary/aromatic N) is 2. The molecule has 0 N–H and O–H groups in total. The first-order valence-electron chi connectivity index (χ1n) is 5.44. The second kappa shape index (κ2) is 6.17. The van der Waals surface area contributed by atoms with E-state index < -0.39 is 0 Å². The maximum atomic E-state index is 11.5. The molecule has 1 aromatic rings. The summed E-state index contributed by atoms with van der Waals surface area (Å²) in [5.41, 5.74) is 1.23. The van der Waals surface area contributed by atoms with Crippen LogP contribution in [0.1, 0.15) is 25.8 Å². The molecule has 82 valence electrons. The third-order valence-electron chi connectivity index (χ3n) is 2.46. The Morgan fingerprint density at radius 2 is 2.00 bits per heavy atom. The quantitative estimate of drug-likeness (QED) is 0.737. The van der Waals surface area contributed by atoms with Crippen molar-refractivity contribution in [3.05, 3.63) is 30.1 Å². The molecule has 1 heterocycles. The number of carbonyl (C=O) groups is 1. The van der Waals surface area contributed by atoms with E-state index in [2.05, 4.69) is 4.98 Å². The Labute approximate surface area is 91.1 Å². The van der Waals surface area contributed by atoms with Crippen LogP contribution < -0.4 is 0 Å². The van der Waals surface area contributed by atoms with Crippen molar-refractivity contribution in [3.8, 4) is 0 Å². The molecular weight excluding hydrogens is 188 g/mol. The third kappa shape index (κ3) is 3.70. The zero-order valence-electron chi connectivity index (χ0n) is 9.44. The van der Waals surface area contributed by atoms with Gasteiger partial charge in [-0.2, -0.15) is 0 Å². The summed E-state index contributed by atoms with van der Waals surface area (Å²) in [5, 5.41) is 0. The summed E-state index contributed by atoms with van der Waals surface area (Å²) in [6.45, 7) is 5.50. The van der Waals surface area contributed by atoms with Crippen LogP contribution in [0.4, 0.5) is 0 Å². The fourth-order valence-corrected chi connectivity index (χ4v) is 1.50. The van der Waals surface area contributed by atoms with E-state index in [-0.39, 0.29) is 5.91 Å². The highest BCUT2D eigenvalue weighted by molar-refractivity contribution is 5.75. The number of carbonyl (C=O) groups excluding carboxylic acids is 1. The van der Waals surface area contributed by atoms with E-state index in [1.54, 1.807) is 12.4 Å². The van der Waals surface area contributed by atoms with Gasteiger partial charge in [-0.15, -0.1) is 0 Å². The van der Waals surface area contributed by atoms with Crippen LogP contribution in [0.25, 0.3) is 0 Å². The van der Waals surface area contributed by atoms with E-state index in [1.807, 2.05) is 30.9 Å². The second-order valence-electron chi connectivity index (χ2n) is 3.43. The van der Waals surface area contributed by atoms with Crippen LogP contribution in [0.2, 0.25) is 0 Å². The highest BCUT2D eigenvalue weighted by atomic mass is 16.2. The number of hydrogen-bond acceptors (Lipinski definition) is 2. The average molecular weight is 206 g/mol. The Bertz CT molecular complexity index is 298. The molecule has 3 heteroatoms. The Hall–Kier alpha value is -1.38. The lowest BCUT2D eigenvalue weighted by Crippen LogP contribution is -2.32. The number of rotatable bonds is 5. The van der Waals surface area contributed by atoms with Gasteiger partial charge in [-0.3, -0.25) is 9.78 Å². The first-order chi connectivity index (χ1) is 7.27. The smallest absolute Gasteiger partial charge is 0.222 e. The predicted molar refractivity (Wildman–Crippen MR) is 60.5 cm³/mol. The van der Waals surface area contributed by atoms with Crippen LogP contribution in [0, 0.1) is 0 Å². The van der Waals surface area contributed by atoms with Gasteiger partial charge in [-0.1, -0.05) is 6.92 Å². The molecule has 15 heavy (non-hydrogen) atoms. The molecule has 0 saturated carbocycles. The fraction of sp³-hybridized carbons (Fsp3) is 0.500. The minimum atomic E-state index is 0.228. The van der Waals surface area contributed by atoms with E-state index in [0.717, 1.165) is 19.5 Å². The average Bonchev–Trinajstić information content (AvgIpc) is 2.31. The van der Waals surface area contributed by atoms with E-state index in [9.17, 15) is 4.79 Å². The zero-order valence-corrected chi connectivity index (χ0v) is 9.44. The van der Waals surface area contributed by atoms with E-state index >= 15 is 0 Å². The van der Waals surface area contributed by atoms with Crippen molar-refractivity contribution in [2.24, 2.45) is 0 Å². The van der Waals surface area contributed by atoms with Gasteiger partial charge in [0.05, 0.1) is 0 Å². The monoisotopic (exact) mass is 206 g/mol. The van der Waals surface area contributed by atoms with Crippen LogP contribution in [0.5, 0.6) is 0 Å². The van der Waals surface area contributed by atoms with E-state index in [4.69, 9.17) is 0 Å². The molecule has 1 amide bonds. The molecule has 1 rings (SSSR count). The van der Waals surface area contributed by atoms with Gasteiger partial charge >= 0.3 is 0 Å². The molecule has 0 aliphatic carbocycles. The zero-order chi connectivity index (χ0) is 11.1. The molecule has 0 radical (unpaired) electrons. The lowest BCUT2D eigenvalue weighted by Gasteiger charge is -2.19. The summed E-state index contributed by atoms with van der Waals surface area (Å²) in [5.74, 6) is 0.228. The number of likely N-dealkylation sites (N-methyl/N-ethyl adjacent to an activating group) is 1. The summed E-state index contributed by atoms with van der Waals surface area (Å²) < 4.78 is 0. The number of pyridine rings is 1. The standard InChI is InChI=1S/C12H18N2O/c1-3-12(15)14(4-2)10-7-11-5-8-13-9-6-11/h5-6,8-9H,3-4,7,10H2,1-2H3. The summed E-state index contributed by atoms with van der Waals surface area (Å²) in [4.78, 5) is 17.3. The molecule has 0 atom stereocenters. The van der Waals surface area contributed by atoms with Gasteiger partial charge in [0.1, 0.15) is 0 Å². The summed E-state index contributed by atoms with van der Waals surface area (Å²) in [6.07, 6.45) is 5.06. The molecule has 0 fully saturated rings. The molecule has 3 nitrogen and oxygen atoms in total. The van der Waals surface area contributed by atoms with Crippen LogP contribution >= 0.6 is 0 Å². The molecule has 0 aliphatic heterocycles. The van der Waals surface area contributed by atoms with Crippen molar-refractivity contribution in [1.82, 2.24) is 9.88 Å². The highest BCUT2D eigenvalue weighted by Crippen LogP contribution is 2.01. The number of amides is 1. The maximum Gasteiger partial charge on any atom is 0.222 e. The van der Waals surface area contributed by atoms with Gasteiger partial charge in [-0.25, -0.2) is 0 Å². The van der Waals surface area contributed by atoms with Crippen molar-refractivity contribution in [2.75, 3.05) is 13.1 Å². The Morgan fingerprint density at radius 3 is 2.53 bits per heavy atom. The Balaban J connectivity index is 2.44. The van der Waals surface area contributed by atoms with Crippen LogP contribution in [0.15, 0.2) is 24.5 Å². The van der Waals surface area contributed by atoms with Gasteiger partial charge in [0.15, 0.2) is 0 Å². The number of hydrogen-bond donors (Lipinski definition) is 0. The van der Waals surface area contributed by atoms with Gasteiger partial charge in [0.25, 0.3) is 0 Å². The van der Waals surface area contributed by atoms with Gasteiger partial charge < -0.3 is 4.90 Å². The lowest BCUT2D eigenvalue weighted by atomic mass is 10.2. The van der Waals surface area contributed by atoms with Crippen molar-refractivity contribution < 1.29 is 4.79 Å². The largest absolute Gasteiger partial charge is 0.343 e. The Kier molecular flexibility index (Phi) is 4.81. The predicted octanol–water partition coefficient (Wildman–Crippen LogP) is 1.88. The Morgan fingerprint density at radius 1 is 1.33 bits per heavy atom. The molecule has 0 saturated heterocycles. The summed E-state index contributed by atoms with van der Waals surface area (Å²) in [6, 6.07) is 3.98. The maximum absolute atomic E-state index is 11.5. The molecule has 0 aromatic carbocycles. The van der Waals surface area contributed by atoms with Crippen molar-refractivity contribution in [2.45, 2.75) is 26.7 Å². The molecule has 0 spiro atoms. The van der Waals surface area contributed by atoms with Crippen molar-refractivity contribution in [3.63, 3.8) is 0 Å². The van der Waals surface area contributed by atoms with E-state index in [1.165, 1.54) is 5.56 Å². The fourth-order valence-electron chi connectivity index (χ4n) is 1.50. The lowest BCUT2D eigenvalue weighted by molar-refractivity contribution is -0.130. The van der Waals surface area contributed by atoms with Crippen LogP contribution in [0.3, 0.4) is 0 Å². The highest BCUT2D eigenvalue weighted by Gasteiger charge is 2.08. The molecule has 0 unspecified atom stereocenters. The summed E-state index contributed by atoms with van der Waals surface area (Å²) >= 11 is 0. The first kappa shape index (κ1) is 11.7. The van der Waals surface area contributed by atoms with Gasteiger partial charge in [0, 0.05) is 31.9 Å². The molecule has 0 bridgehead atoms. The molecule has 1 aromatic heterocycles. The second-order valence-corrected chi connectivity index (χ2v) is 3.43. The SMILES string of the molecule is CCC(=O)N(CC)CCc1ccncc1. The third-order valence-corrected chi connectivity index (χ3v) is 2.46. The number of aromatic nitrogens is 1. The van der Waals surface area contributed by atoms with Crippen molar-refractivity contribution >= 4 is 5.91 Å². The topological polar surface area (TPSA) is 33.2 Å². The van der Waals surface area contributed by atoms with E-state index in [0.29, 0.717) is 6.42 Å². The molecular formula is C12H18N2O. The van der Waals surface area contributed by atoms with Crippen LogP contribution in [-0.4, -0.2) is 28.9 Å². The van der Waals surface area contributed by atoms with Gasteiger partial charge in [-0.05, 0) is 31.0 Å². The van der Waals surface area contributed by atoms with Crippen molar-refractivity contribution in [1.29, 1.82) is 0 Å². The minimum absolute atomic E-state index is 0.228. The molecule has 0 aliphatic rings. The first-order valence-corrected chi connectivity index (χ1v) is 5.44. The normalized spacial score (nSPS) is 10.0.